The molecule has 0 aliphatic rings. The Kier molecular flexibility index (Phi) is 4.74. The van der Waals surface area contributed by atoms with Crippen LogP contribution in [0.1, 0.15) is 37.2 Å². The molecule has 0 saturated heterocycles. The standard InChI is InChI=1S/C13H12F4N4O/c1-7(13(22)19-8-2-4-18-5-3-8)21-10(12(16)17)6-9(20-21)11(14)15/h2-7,11-12H,1H3,(H,18,19,22). The third-order valence-electron chi connectivity index (χ3n) is 2.92. The molecule has 0 spiro atoms. The summed E-state index contributed by atoms with van der Waals surface area (Å²) in [5.74, 6) is -0.656. The van der Waals surface area contributed by atoms with Gasteiger partial charge in [0.25, 0.3) is 12.9 Å². The lowest BCUT2D eigenvalue weighted by Crippen LogP contribution is -2.26. The average molecular weight is 316 g/mol. The van der Waals surface area contributed by atoms with Gasteiger partial charge in [-0.3, -0.25) is 14.5 Å². The number of anilines is 1. The van der Waals surface area contributed by atoms with Crippen LogP contribution in [-0.2, 0) is 4.79 Å². The largest absolute Gasteiger partial charge is 0.324 e. The Balaban J connectivity index is 2.24. The second-order valence-electron chi connectivity index (χ2n) is 4.44. The van der Waals surface area contributed by atoms with E-state index in [-0.39, 0.29) is 0 Å². The van der Waals surface area contributed by atoms with Gasteiger partial charge in [0.1, 0.15) is 17.4 Å². The number of hydrogen-bond acceptors (Lipinski definition) is 3. The van der Waals surface area contributed by atoms with Gasteiger partial charge in [-0.15, -0.1) is 0 Å². The zero-order valence-electron chi connectivity index (χ0n) is 11.4. The minimum absolute atomic E-state index is 0.409. The molecule has 5 nitrogen and oxygen atoms in total. The molecule has 0 aliphatic heterocycles. The molecule has 2 heterocycles. The van der Waals surface area contributed by atoms with Crippen molar-refractivity contribution in [3.63, 3.8) is 0 Å². The zero-order chi connectivity index (χ0) is 16.3. The lowest BCUT2D eigenvalue weighted by molar-refractivity contribution is -0.119. The first kappa shape index (κ1) is 15.9. The first-order valence-corrected chi connectivity index (χ1v) is 6.26. The third kappa shape index (κ3) is 3.41. The molecule has 0 radical (unpaired) electrons. The molecular weight excluding hydrogens is 304 g/mol. The van der Waals surface area contributed by atoms with E-state index in [0.29, 0.717) is 16.4 Å². The molecule has 0 fully saturated rings. The molecule has 1 atom stereocenters. The normalized spacial score (nSPS) is 12.7. The number of carbonyl (C=O) groups is 1. The SMILES string of the molecule is CC(C(=O)Nc1ccncc1)n1nc(C(F)F)cc1C(F)F. The van der Waals surface area contributed by atoms with Crippen molar-refractivity contribution in [2.45, 2.75) is 25.8 Å². The fraction of sp³-hybridized carbons (Fsp3) is 0.308. The highest BCUT2D eigenvalue weighted by Crippen LogP contribution is 2.27. The number of carbonyl (C=O) groups excluding carboxylic acids is 1. The minimum atomic E-state index is -3.02. The van der Waals surface area contributed by atoms with E-state index in [2.05, 4.69) is 15.4 Å². The topological polar surface area (TPSA) is 59.8 Å². The monoisotopic (exact) mass is 316 g/mol. The van der Waals surface area contributed by atoms with E-state index < -0.39 is 36.2 Å². The second kappa shape index (κ2) is 6.54. The van der Waals surface area contributed by atoms with Gasteiger partial charge in [0, 0.05) is 18.1 Å². The molecule has 0 saturated carbocycles. The first-order valence-electron chi connectivity index (χ1n) is 6.26. The molecule has 1 unspecified atom stereocenters. The third-order valence-corrected chi connectivity index (χ3v) is 2.92. The van der Waals surface area contributed by atoms with E-state index >= 15 is 0 Å². The Morgan fingerprint density at radius 1 is 1.18 bits per heavy atom. The molecule has 2 aromatic rings. The lowest BCUT2D eigenvalue weighted by atomic mass is 10.2. The highest BCUT2D eigenvalue weighted by atomic mass is 19.3. The van der Waals surface area contributed by atoms with Crippen molar-refractivity contribution in [2.24, 2.45) is 0 Å². The van der Waals surface area contributed by atoms with Crippen molar-refractivity contribution >= 4 is 11.6 Å². The molecule has 118 valence electrons. The van der Waals surface area contributed by atoms with Crippen LogP contribution in [0.2, 0.25) is 0 Å². The summed E-state index contributed by atoms with van der Waals surface area (Å²) in [6.07, 6.45) is -3.13. The van der Waals surface area contributed by atoms with Crippen LogP contribution < -0.4 is 5.32 Å². The fourth-order valence-electron chi connectivity index (χ4n) is 1.80. The summed E-state index contributed by atoms with van der Waals surface area (Å²) in [6.45, 7) is 1.30. The molecule has 0 aromatic carbocycles. The highest BCUT2D eigenvalue weighted by Gasteiger charge is 2.26. The summed E-state index contributed by atoms with van der Waals surface area (Å²) in [7, 11) is 0. The maximum Gasteiger partial charge on any atom is 0.282 e. The van der Waals surface area contributed by atoms with Gasteiger partial charge in [0.05, 0.1) is 0 Å². The van der Waals surface area contributed by atoms with Gasteiger partial charge in [0.15, 0.2) is 0 Å². The summed E-state index contributed by atoms with van der Waals surface area (Å²) in [4.78, 5) is 15.8. The smallest absolute Gasteiger partial charge is 0.282 e. The summed E-state index contributed by atoms with van der Waals surface area (Å²) in [6, 6.07) is 2.44. The van der Waals surface area contributed by atoms with Gasteiger partial charge >= 0.3 is 0 Å². The Bertz CT molecular complexity index is 645. The number of pyridine rings is 1. The molecule has 0 bridgehead atoms. The van der Waals surface area contributed by atoms with Crippen molar-refractivity contribution in [3.8, 4) is 0 Å². The van der Waals surface area contributed by atoms with Crippen LogP contribution in [0.5, 0.6) is 0 Å². The first-order chi connectivity index (χ1) is 10.4. The minimum Gasteiger partial charge on any atom is -0.324 e. The summed E-state index contributed by atoms with van der Waals surface area (Å²) in [5.41, 5.74) is -1.11. The maximum atomic E-state index is 12.9. The molecule has 22 heavy (non-hydrogen) atoms. The number of nitrogens with one attached hydrogen (secondary N) is 1. The van der Waals surface area contributed by atoms with Gasteiger partial charge in [-0.2, -0.15) is 5.10 Å². The molecule has 0 aliphatic carbocycles. The quantitative estimate of drug-likeness (QED) is 0.861. The van der Waals surface area contributed by atoms with Crippen LogP contribution in [0, 0.1) is 0 Å². The number of alkyl halides is 4. The zero-order valence-corrected chi connectivity index (χ0v) is 11.4. The Hall–Kier alpha value is -2.45. The van der Waals surface area contributed by atoms with E-state index in [0.717, 1.165) is 0 Å². The predicted octanol–water partition coefficient (Wildman–Crippen LogP) is 3.35. The lowest BCUT2D eigenvalue weighted by Gasteiger charge is -2.15. The van der Waals surface area contributed by atoms with Crippen LogP contribution >= 0.6 is 0 Å². The van der Waals surface area contributed by atoms with Crippen LogP contribution in [0.3, 0.4) is 0 Å². The van der Waals surface area contributed by atoms with Gasteiger partial charge in [-0.1, -0.05) is 0 Å². The van der Waals surface area contributed by atoms with Crippen LogP contribution in [0.25, 0.3) is 0 Å². The van der Waals surface area contributed by atoms with E-state index in [1.807, 2.05) is 0 Å². The maximum absolute atomic E-state index is 12.9. The Morgan fingerprint density at radius 3 is 2.36 bits per heavy atom. The molecule has 1 amide bonds. The molecular formula is C13H12F4N4O. The van der Waals surface area contributed by atoms with Crippen molar-refractivity contribution in [1.29, 1.82) is 0 Å². The van der Waals surface area contributed by atoms with E-state index in [9.17, 15) is 22.4 Å². The number of hydrogen-bond donors (Lipinski definition) is 1. The molecule has 9 heteroatoms. The van der Waals surface area contributed by atoms with Crippen molar-refractivity contribution < 1.29 is 22.4 Å². The van der Waals surface area contributed by atoms with E-state index in [1.165, 1.54) is 31.5 Å². The van der Waals surface area contributed by atoms with Gasteiger partial charge in [0.2, 0.25) is 5.91 Å². The van der Waals surface area contributed by atoms with E-state index in [4.69, 9.17) is 0 Å². The number of nitrogens with zero attached hydrogens (tertiary/aromatic N) is 3. The second-order valence-corrected chi connectivity index (χ2v) is 4.44. The van der Waals surface area contributed by atoms with Crippen molar-refractivity contribution in [1.82, 2.24) is 14.8 Å². The van der Waals surface area contributed by atoms with Gasteiger partial charge in [-0.25, -0.2) is 17.6 Å². The predicted molar refractivity (Wildman–Crippen MR) is 69.7 cm³/mol. The van der Waals surface area contributed by atoms with Crippen molar-refractivity contribution in [3.05, 3.63) is 42.0 Å². The van der Waals surface area contributed by atoms with Crippen LogP contribution in [-0.4, -0.2) is 20.7 Å². The summed E-state index contributed by atoms with van der Waals surface area (Å²) < 4.78 is 51.6. The average Bonchev–Trinajstić information content (AvgIpc) is 2.93. The number of aromatic nitrogens is 3. The fourth-order valence-corrected chi connectivity index (χ4v) is 1.80. The number of rotatable bonds is 5. The summed E-state index contributed by atoms with van der Waals surface area (Å²) in [5, 5.41) is 5.88. The van der Waals surface area contributed by atoms with Gasteiger partial charge < -0.3 is 5.32 Å². The highest BCUT2D eigenvalue weighted by molar-refractivity contribution is 5.93. The van der Waals surface area contributed by atoms with Crippen molar-refractivity contribution in [2.75, 3.05) is 5.32 Å². The van der Waals surface area contributed by atoms with E-state index in [1.54, 1.807) is 0 Å². The van der Waals surface area contributed by atoms with Gasteiger partial charge in [-0.05, 0) is 25.1 Å². The Labute approximate surface area is 123 Å². The number of halogens is 4. The molecule has 2 aromatic heterocycles. The molecule has 2 rings (SSSR count). The molecule has 1 N–H and O–H groups in total. The Morgan fingerprint density at radius 2 is 1.82 bits per heavy atom. The van der Waals surface area contributed by atoms with Crippen LogP contribution in [0.4, 0.5) is 23.2 Å². The number of amides is 1. The van der Waals surface area contributed by atoms with Crippen LogP contribution in [0.15, 0.2) is 30.6 Å². The summed E-state index contributed by atoms with van der Waals surface area (Å²) >= 11 is 0.